The maximum atomic E-state index is 6.19. The van der Waals surface area contributed by atoms with Gasteiger partial charge in [0, 0.05) is 16.0 Å². The molecule has 3 nitrogen and oxygen atoms in total. The minimum absolute atomic E-state index is 0.232. The Labute approximate surface area is 132 Å². The van der Waals surface area contributed by atoms with E-state index in [4.69, 9.17) is 11.6 Å². The summed E-state index contributed by atoms with van der Waals surface area (Å²) in [5.74, 6) is 1.72. The maximum Gasteiger partial charge on any atom is 0.138 e. The van der Waals surface area contributed by atoms with E-state index in [1.165, 1.54) is 5.56 Å². The largest absolute Gasteiger partial charge is 0.339 e. The highest BCUT2D eigenvalue weighted by Crippen LogP contribution is 2.30. The zero-order valence-corrected chi connectivity index (χ0v) is 14.3. The summed E-state index contributed by atoms with van der Waals surface area (Å²) in [5.41, 5.74) is 3.01. The van der Waals surface area contributed by atoms with Crippen LogP contribution in [0.25, 0.3) is 0 Å². The summed E-state index contributed by atoms with van der Waals surface area (Å²) >= 11 is 9.75. The zero-order valence-electron chi connectivity index (χ0n) is 12.0. The van der Waals surface area contributed by atoms with Gasteiger partial charge in [0.25, 0.3) is 0 Å². The Balaban J connectivity index is 2.42. The highest BCUT2D eigenvalue weighted by Gasteiger charge is 2.12. The van der Waals surface area contributed by atoms with Crippen molar-refractivity contribution in [2.24, 2.45) is 0 Å². The van der Waals surface area contributed by atoms with Crippen molar-refractivity contribution in [3.05, 3.63) is 44.8 Å². The van der Waals surface area contributed by atoms with Gasteiger partial charge in [-0.05, 0) is 47.5 Å². The molecule has 2 rings (SSSR count). The first-order valence-electron chi connectivity index (χ1n) is 6.45. The summed E-state index contributed by atoms with van der Waals surface area (Å²) in [6.07, 6.45) is 0. The molecule has 1 heterocycles. The molecule has 20 heavy (non-hydrogen) atoms. The molecule has 1 aromatic heterocycles. The van der Waals surface area contributed by atoms with Gasteiger partial charge in [0.2, 0.25) is 0 Å². The van der Waals surface area contributed by atoms with Crippen LogP contribution in [-0.2, 0) is 0 Å². The second-order valence-corrected chi connectivity index (χ2v) is 6.32. The van der Waals surface area contributed by atoms with Gasteiger partial charge in [-0.25, -0.2) is 9.97 Å². The van der Waals surface area contributed by atoms with Gasteiger partial charge < -0.3 is 5.32 Å². The molecule has 1 N–H and O–H groups in total. The van der Waals surface area contributed by atoms with Crippen molar-refractivity contribution in [3.8, 4) is 0 Å². The average molecular weight is 355 g/mol. The predicted octanol–water partition coefficient (Wildman–Crippen LogP) is 5.38. The smallest absolute Gasteiger partial charge is 0.138 e. The molecule has 0 aliphatic heterocycles. The molecule has 0 saturated carbocycles. The van der Waals surface area contributed by atoms with Crippen LogP contribution in [-0.4, -0.2) is 9.97 Å². The SMILES string of the molecule is Cc1ccc(Nc2nc(C(C)C)nc(Cl)c2C)c(Br)c1. The minimum atomic E-state index is 0.232. The number of hydrogen-bond acceptors (Lipinski definition) is 3. The van der Waals surface area contributed by atoms with Crippen molar-refractivity contribution in [1.82, 2.24) is 9.97 Å². The molecule has 0 radical (unpaired) electrons. The molecule has 0 bridgehead atoms. The van der Waals surface area contributed by atoms with Gasteiger partial charge in [-0.1, -0.05) is 31.5 Å². The van der Waals surface area contributed by atoms with Gasteiger partial charge in [-0.15, -0.1) is 0 Å². The van der Waals surface area contributed by atoms with Gasteiger partial charge in [0.1, 0.15) is 16.8 Å². The predicted molar refractivity (Wildman–Crippen MR) is 88.0 cm³/mol. The molecule has 106 valence electrons. The van der Waals surface area contributed by atoms with E-state index in [1.54, 1.807) is 0 Å². The van der Waals surface area contributed by atoms with E-state index < -0.39 is 0 Å². The third-order valence-corrected chi connectivity index (χ3v) is 4.02. The molecular weight excluding hydrogens is 338 g/mol. The average Bonchev–Trinajstić information content (AvgIpc) is 2.37. The number of benzene rings is 1. The lowest BCUT2D eigenvalue weighted by molar-refractivity contribution is 0.773. The van der Waals surface area contributed by atoms with Crippen LogP contribution in [0, 0.1) is 13.8 Å². The topological polar surface area (TPSA) is 37.8 Å². The number of halogens is 2. The van der Waals surface area contributed by atoms with E-state index in [1.807, 2.05) is 26.8 Å². The summed E-state index contributed by atoms with van der Waals surface area (Å²) in [6.45, 7) is 8.06. The molecule has 5 heteroatoms. The third-order valence-electron chi connectivity index (χ3n) is 3.00. The van der Waals surface area contributed by atoms with Crippen molar-refractivity contribution >= 4 is 39.0 Å². The number of anilines is 2. The normalized spacial score (nSPS) is 10.9. The third kappa shape index (κ3) is 3.30. The first-order chi connectivity index (χ1) is 9.38. The zero-order chi connectivity index (χ0) is 14.9. The first-order valence-corrected chi connectivity index (χ1v) is 7.62. The van der Waals surface area contributed by atoms with Crippen molar-refractivity contribution in [3.63, 3.8) is 0 Å². The van der Waals surface area contributed by atoms with Crippen LogP contribution in [0.3, 0.4) is 0 Å². The van der Waals surface area contributed by atoms with Gasteiger partial charge in [-0.3, -0.25) is 0 Å². The lowest BCUT2D eigenvalue weighted by Gasteiger charge is -2.14. The Morgan fingerprint density at radius 3 is 2.50 bits per heavy atom. The van der Waals surface area contributed by atoms with E-state index in [2.05, 4.69) is 50.3 Å². The highest BCUT2D eigenvalue weighted by molar-refractivity contribution is 9.10. The summed E-state index contributed by atoms with van der Waals surface area (Å²) in [4.78, 5) is 8.88. The number of hydrogen-bond donors (Lipinski definition) is 1. The minimum Gasteiger partial charge on any atom is -0.339 e. The number of rotatable bonds is 3. The van der Waals surface area contributed by atoms with Crippen molar-refractivity contribution in [2.45, 2.75) is 33.6 Å². The van der Waals surface area contributed by atoms with E-state index in [-0.39, 0.29) is 5.92 Å². The van der Waals surface area contributed by atoms with Gasteiger partial charge in [-0.2, -0.15) is 0 Å². The van der Waals surface area contributed by atoms with Crippen LogP contribution < -0.4 is 5.32 Å². The van der Waals surface area contributed by atoms with E-state index in [0.717, 1.165) is 27.4 Å². The standard InChI is InChI=1S/C15H17BrClN3/c1-8(2)14-19-13(17)10(4)15(20-14)18-12-6-5-9(3)7-11(12)16/h5-8H,1-4H3,(H,18,19,20). The van der Waals surface area contributed by atoms with E-state index in [9.17, 15) is 0 Å². The fraction of sp³-hybridized carbons (Fsp3) is 0.333. The van der Waals surface area contributed by atoms with E-state index >= 15 is 0 Å². The van der Waals surface area contributed by atoms with Crippen LogP contribution in [0.4, 0.5) is 11.5 Å². The molecule has 0 unspecified atom stereocenters. The fourth-order valence-corrected chi connectivity index (χ4v) is 2.50. The molecule has 0 fully saturated rings. The number of aryl methyl sites for hydroxylation is 1. The molecule has 2 aromatic rings. The Morgan fingerprint density at radius 2 is 1.90 bits per heavy atom. The van der Waals surface area contributed by atoms with Gasteiger partial charge in [0.15, 0.2) is 0 Å². The van der Waals surface area contributed by atoms with Crippen molar-refractivity contribution < 1.29 is 0 Å². The second-order valence-electron chi connectivity index (χ2n) is 5.11. The summed E-state index contributed by atoms with van der Waals surface area (Å²) < 4.78 is 0.998. The Kier molecular flexibility index (Phi) is 4.66. The van der Waals surface area contributed by atoms with Crippen LogP contribution in [0.15, 0.2) is 22.7 Å². The summed E-state index contributed by atoms with van der Waals surface area (Å²) in [6, 6.07) is 6.13. The molecular formula is C15H17BrClN3. The lowest BCUT2D eigenvalue weighted by atomic mass is 10.2. The van der Waals surface area contributed by atoms with Crippen LogP contribution in [0.5, 0.6) is 0 Å². The lowest BCUT2D eigenvalue weighted by Crippen LogP contribution is -2.05. The molecule has 1 aromatic carbocycles. The van der Waals surface area contributed by atoms with Crippen LogP contribution >= 0.6 is 27.5 Å². The number of nitrogens with one attached hydrogen (secondary N) is 1. The van der Waals surface area contributed by atoms with Crippen LogP contribution in [0.2, 0.25) is 5.15 Å². The van der Waals surface area contributed by atoms with Crippen LogP contribution in [0.1, 0.15) is 36.7 Å². The van der Waals surface area contributed by atoms with Gasteiger partial charge in [0.05, 0.1) is 5.69 Å². The molecule has 0 amide bonds. The van der Waals surface area contributed by atoms with Crippen molar-refractivity contribution in [2.75, 3.05) is 5.32 Å². The highest BCUT2D eigenvalue weighted by atomic mass is 79.9. The Bertz CT molecular complexity index is 641. The molecule has 0 saturated heterocycles. The molecule has 0 spiro atoms. The van der Waals surface area contributed by atoms with Gasteiger partial charge >= 0.3 is 0 Å². The summed E-state index contributed by atoms with van der Waals surface area (Å²) in [7, 11) is 0. The fourth-order valence-electron chi connectivity index (χ4n) is 1.73. The molecule has 0 aliphatic carbocycles. The number of nitrogens with zero attached hydrogens (tertiary/aromatic N) is 2. The number of aromatic nitrogens is 2. The monoisotopic (exact) mass is 353 g/mol. The Morgan fingerprint density at radius 1 is 1.20 bits per heavy atom. The quantitative estimate of drug-likeness (QED) is 0.752. The molecule has 0 atom stereocenters. The summed E-state index contributed by atoms with van der Waals surface area (Å²) in [5, 5.41) is 3.82. The second kappa shape index (κ2) is 6.10. The van der Waals surface area contributed by atoms with Crippen molar-refractivity contribution in [1.29, 1.82) is 0 Å². The van der Waals surface area contributed by atoms with E-state index in [0.29, 0.717) is 5.15 Å². The molecule has 0 aliphatic rings. The maximum absolute atomic E-state index is 6.19. The first kappa shape index (κ1) is 15.3. The Hall–Kier alpha value is -1.13.